The Bertz CT molecular complexity index is 1680. The lowest BCUT2D eigenvalue weighted by Crippen LogP contribution is -2.71. The number of hydrogen-bond donors (Lipinski definition) is 8. The molecule has 20 nitrogen and oxygen atoms in total. The van der Waals surface area contributed by atoms with E-state index in [9.17, 15) is 34.2 Å². The highest BCUT2D eigenvalue weighted by atomic mass is 32.2. The van der Waals surface area contributed by atoms with Gasteiger partial charge >= 0.3 is 18.0 Å². The maximum atomic E-state index is 13.4. The molecule has 0 saturated carbocycles. The number of nitrogens with zero attached hydrogens (tertiary/aromatic N) is 6. The van der Waals surface area contributed by atoms with Crippen LogP contribution in [0, 0.1) is 0 Å². The van der Waals surface area contributed by atoms with Crippen LogP contribution in [0.25, 0.3) is 0 Å². The average molecular weight is 694 g/mol. The minimum atomic E-state index is -1.81. The lowest BCUT2D eigenvalue weighted by molar-refractivity contribution is -0.767. The predicted octanol–water partition coefficient (Wildman–Crippen LogP) is -1.87. The first-order valence-corrected chi connectivity index (χ1v) is 16.1. The van der Waals surface area contributed by atoms with Gasteiger partial charge in [-0.15, -0.1) is 21.1 Å². The van der Waals surface area contributed by atoms with Gasteiger partial charge in [-0.3, -0.25) is 19.8 Å². The van der Waals surface area contributed by atoms with E-state index in [-0.39, 0.29) is 42.0 Å². The van der Waals surface area contributed by atoms with Crippen LogP contribution in [0.2, 0.25) is 0 Å². The maximum absolute atomic E-state index is 13.4. The molecule has 0 unspecified atom stereocenters. The average Bonchev–Trinajstić information content (AvgIpc) is 3.61. The summed E-state index contributed by atoms with van der Waals surface area (Å²) in [5.74, 6) is -3.67. The number of rotatable bonds is 12. The number of nitrogen functional groups attached to an aromatic ring is 1. The molecule has 3 aliphatic rings. The van der Waals surface area contributed by atoms with Gasteiger partial charge in [-0.1, -0.05) is 5.16 Å². The highest BCUT2D eigenvalue weighted by Gasteiger charge is 2.55. The standard InChI is InChI=1S/C25H32N12O8S2/c1-25(2,22(42)43)45-33-13(16-32-23(27)47-34-16)18(38)31-14-19(39)37-15(21(40)41)11(10-46-20(14)37)8-35-9-12(30-24(44)29-6-4-26)17-28-5-3-7-36(17)35/h9,14,20H,3-8,10,26H2,1-2H3,(H7,27,29,30,31,32,34,38,40,41,42,43,44)/p+1/b33-13-/t14-,20-/m1/s1. The Hall–Kier alpha value is -4.96. The van der Waals surface area contributed by atoms with Crippen LogP contribution in [0.5, 0.6) is 0 Å². The molecule has 0 aromatic carbocycles. The molecule has 10 N–H and O–H groups in total. The van der Waals surface area contributed by atoms with E-state index in [1.54, 1.807) is 10.9 Å². The summed E-state index contributed by atoms with van der Waals surface area (Å²) in [6, 6.07) is -1.58. The van der Waals surface area contributed by atoms with Crippen molar-refractivity contribution in [3.63, 3.8) is 0 Å². The highest BCUT2D eigenvalue weighted by molar-refractivity contribution is 8.00. The summed E-state index contributed by atoms with van der Waals surface area (Å²) in [5, 5.41) is 33.7. The van der Waals surface area contributed by atoms with E-state index in [0.717, 1.165) is 22.9 Å². The van der Waals surface area contributed by atoms with Crippen LogP contribution in [0.4, 0.5) is 21.4 Å². The number of hydrogen-bond acceptors (Lipinski definition) is 14. The quantitative estimate of drug-likeness (QED) is 0.0523. The van der Waals surface area contributed by atoms with Gasteiger partial charge in [0.2, 0.25) is 23.3 Å². The third kappa shape index (κ3) is 6.78. The lowest BCUT2D eigenvalue weighted by Gasteiger charge is -2.49. The van der Waals surface area contributed by atoms with Crippen molar-refractivity contribution in [3.8, 4) is 0 Å². The number of β-lactam (4-membered cyclic amide) rings is 1. The molecule has 0 bridgehead atoms. The van der Waals surface area contributed by atoms with Crippen molar-refractivity contribution in [2.24, 2.45) is 10.9 Å². The van der Waals surface area contributed by atoms with Crippen molar-refractivity contribution in [2.45, 2.75) is 50.4 Å². The number of nitrogens with two attached hydrogens (primary N) is 2. The highest BCUT2D eigenvalue weighted by Crippen LogP contribution is 2.40. The summed E-state index contributed by atoms with van der Waals surface area (Å²) in [7, 11) is 0. The minimum absolute atomic E-state index is 0.00570. The predicted molar refractivity (Wildman–Crippen MR) is 167 cm³/mol. The van der Waals surface area contributed by atoms with Crippen molar-refractivity contribution >= 4 is 75.4 Å². The second kappa shape index (κ2) is 13.4. The van der Waals surface area contributed by atoms with Crippen LogP contribution in [-0.2, 0) is 37.1 Å². The van der Waals surface area contributed by atoms with E-state index in [2.05, 4.69) is 35.8 Å². The first-order valence-electron chi connectivity index (χ1n) is 14.2. The zero-order chi connectivity index (χ0) is 34.0. The second-order valence-electron chi connectivity index (χ2n) is 11.0. The number of oxime groups is 1. The van der Waals surface area contributed by atoms with Gasteiger partial charge in [-0.25, -0.2) is 14.4 Å². The molecule has 0 radical (unpaired) electrons. The summed E-state index contributed by atoms with van der Waals surface area (Å²) in [6.07, 6.45) is 2.48. The van der Waals surface area contributed by atoms with Gasteiger partial charge < -0.3 is 42.5 Å². The van der Waals surface area contributed by atoms with Gasteiger partial charge in [0.05, 0.1) is 6.54 Å². The minimum Gasteiger partial charge on any atom is -0.478 e. The van der Waals surface area contributed by atoms with E-state index >= 15 is 0 Å². The van der Waals surface area contributed by atoms with Gasteiger partial charge in [-0.2, -0.15) is 9.36 Å². The van der Waals surface area contributed by atoms with Gasteiger partial charge in [0.1, 0.15) is 17.1 Å². The fourth-order valence-electron chi connectivity index (χ4n) is 4.91. The first-order chi connectivity index (χ1) is 22.3. The van der Waals surface area contributed by atoms with Crippen LogP contribution >= 0.6 is 23.3 Å². The van der Waals surface area contributed by atoms with Crippen molar-refractivity contribution in [3.05, 3.63) is 23.3 Å². The molecule has 2 aromatic rings. The van der Waals surface area contributed by atoms with E-state index in [1.165, 1.54) is 25.6 Å². The van der Waals surface area contributed by atoms with Crippen molar-refractivity contribution in [2.75, 3.05) is 41.8 Å². The summed E-state index contributed by atoms with van der Waals surface area (Å²) in [6.45, 7) is 4.39. The first kappa shape index (κ1) is 33.4. The van der Waals surface area contributed by atoms with Gasteiger partial charge in [-0.05, 0) is 20.3 Å². The number of urea groups is 1. The Morgan fingerprint density at radius 2 is 2.06 bits per heavy atom. The zero-order valence-corrected chi connectivity index (χ0v) is 26.8. The van der Waals surface area contributed by atoms with Crippen LogP contribution < -0.4 is 37.4 Å². The number of carboxylic acids is 2. The van der Waals surface area contributed by atoms with E-state index in [0.29, 0.717) is 30.2 Å². The number of carboxylic acid groups (broad SMARTS) is 2. The van der Waals surface area contributed by atoms with Crippen LogP contribution in [0.1, 0.15) is 26.1 Å². The summed E-state index contributed by atoms with van der Waals surface area (Å²) >= 11 is 2.02. The topological polar surface area (TPSA) is 285 Å². The summed E-state index contributed by atoms with van der Waals surface area (Å²) < 4.78 is 7.60. The molecule has 4 amide bonds. The number of thioether (sulfide) groups is 1. The van der Waals surface area contributed by atoms with Crippen LogP contribution in [0.15, 0.2) is 22.6 Å². The Morgan fingerprint density at radius 3 is 2.72 bits per heavy atom. The zero-order valence-electron chi connectivity index (χ0n) is 25.2. The largest absolute Gasteiger partial charge is 0.478 e. The number of anilines is 3. The third-order valence-corrected chi connectivity index (χ3v) is 9.14. The van der Waals surface area contributed by atoms with Gasteiger partial charge in [0.25, 0.3) is 11.8 Å². The third-order valence-electron chi connectivity index (χ3n) is 7.26. The second-order valence-corrected chi connectivity index (χ2v) is 12.9. The molecule has 22 heteroatoms. The van der Waals surface area contributed by atoms with Crippen molar-refractivity contribution in [1.82, 2.24) is 29.6 Å². The normalized spacial score (nSPS) is 19.2. The number of amides is 4. The smallest absolute Gasteiger partial charge is 0.352 e. The molecule has 47 heavy (non-hydrogen) atoms. The fourth-order valence-corrected chi connectivity index (χ4v) is 6.68. The molecular formula is C25H33N12O8S2+. The van der Waals surface area contributed by atoms with Crippen molar-refractivity contribution < 1.29 is 43.7 Å². The number of fused-ring (bicyclic) bond motifs is 2. The number of carbonyl (C=O) groups is 5. The van der Waals surface area contributed by atoms with Crippen LogP contribution in [0.3, 0.4) is 0 Å². The van der Waals surface area contributed by atoms with E-state index < -0.39 is 52.5 Å². The number of carbonyl (C=O) groups excluding carboxylic acids is 3. The molecule has 1 fully saturated rings. The Morgan fingerprint density at radius 1 is 1.30 bits per heavy atom. The molecule has 0 aliphatic carbocycles. The van der Waals surface area contributed by atoms with Crippen LogP contribution in [-0.4, -0.2) is 107 Å². The number of nitrogens with one attached hydrogen (secondary N) is 4. The molecule has 2 atom stereocenters. The Labute approximate surface area is 274 Å². The van der Waals surface area contributed by atoms with Crippen molar-refractivity contribution in [1.29, 1.82) is 0 Å². The fraction of sp³-hybridized carbons (Fsp3) is 0.480. The summed E-state index contributed by atoms with van der Waals surface area (Å²) in [5.41, 5.74) is 9.52. The van der Waals surface area contributed by atoms with E-state index in [4.69, 9.17) is 16.3 Å². The molecule has 5 heterocycles. The molecule has 5 rings (SSSR count). The molecule has 2 aromatic heterocycles. The lowest BCUT2D eigenvalue weighted by atomic mass is 10.0. The monoisotopic (exact) mass is 693 g/mol. The summed E-state index contributed by atoms with van der Waals surface area (Å²) in [4.78, 5) is 73.1. The van der Waals surface area contributed by atoms with Gasteiger partial charge in [0.15, 0.2) is 23.2 Å². The molecule has 252 valence electrons. The SMILES string of the molecule is CC(C)(O/N=C(\C(=O)N[C@@H]1C(=O)N2C(C(=O)O)=C(C[n+]3cc(NC(=O)NCCN)c4n3CCCN4)CS[C@H]12)c1nsc(N)n1)C(=O)O. The Balaban J connectivity index is 1.36. The number of aromatic nitrogens is 4. The van der Waals surface area contributed by atoms with Gasteiger partial charge in [0, 0.05) is 42.5 Å². The molecule has 3 aliphatic heterocycles. The molecule has 0 spiro atoms. The number of aliphatic carboxylic acids is 2. The van der Waals surface area contributed by atoms with E-state index in [1.807, 2.05) is 4.68 Å². The maximum Gasteiger partial charge on any atom is 0.352 e. The molecule has 1 saturated heterocycles. The Kier molecular flexibility index (Phi) is 9.53. The molecular weight excluding hydrogens is 660 g/mol.